The highest BCUT2D eigenvalue weighted by Crippen LogP contribution is 2.01. The minimum atomic E-state index is 0.140. The second kappa shape index (κ2) is 6.81. The standard InChI is InChI=1S/C13H25NO/c1-11(2)7-8-15-10-12(3)9-14-13(4,5)6/h14H,1,3,7-10H2,2,4-6H3. The van der Waals surface area contributed by atoms with Crippen molar-refractivity contribution in [2.24, 2.45) is 0 Å². The monoisotopic (exact) mass is 211 g/mol. The third-order valence-corrected chi connectivity index (χ3v) is 1.85. The molecule has 2 heteroatoms. The summed E-state index contributed by atoms with van der Waals surface area (Å²) in [5.74, 6) is 0. The normalized spacial score (nSPS) is 11.5. The molecule has 1 N–H and O–H groups in total. The Morgan fingerprint density at radius 1 is 1.27 bits per heavy atom. The van der Waals surface area contributed by atoms with Gasteiger partial charge in [-0.1, -0.05) is 12.2 Å². The van der Waals surface area contributed by atoms with E-state index in [1.165, 1.54) is 0 Å². The molecular formula is C13H25NO. The van der Waals surface area contributed by atoms with Crippen molar-refractivity contribution in [3.05, 3.63) is 24.3 Å². The average molecular weight is 211 g/mol. The minimum Gasteiger partial charge on any atom is -0.377 e. The third-order valence-electron chi connectivity index (χ3n) is 1.85. The minimum absolute atomic E-state index is 0.140. The third kappa shape index (κ3) is 11.3. The number of rotatable bonds is 7. The predicted molar refractivity (Wildman–Crippen MR) is 67.1 cm³/mol. The second-order valence-electron chi connectivity index (χ2n) is 5.11. The fourth-order valence-electron chi connectivity index (χ4n) is 0.904. The first-order valence-corrected chi connectivity index (χ1v) is 5.45. The van der Waals surface area contributed by atoms with Crippen LogP contribution in [0.4, 0.5) is 0 Å². The van der Waals surface area contributed by atoms with E-state index in [-0.39, 0.29) is 5.54 Å². The lowest BCUT2D eigenvalue weighted by atomic mass is 10.1. The topological polar surface area (TPSA) is 21.3 Å². The van der Waals surface area contributed by atoms with E-state index >= 15 is 0 Å². The molecular weight excluding hydrogens is 186 g/mol. The van der Waals surface area contributed by atoms with E-state index in [0.29, 0.717) is 6.61 Å². The summed E-state index contributed by atoms with van der Waals surface area (Å²) in [6.07, 6.45) is 0.931. The van der Waals surface area contributed by atoms with Crippen molar-refractivity contribution < 1.29 is 4.74 Å². The van der Waals surface area contributed by atoms with Gasteiger partial charge >= 0.3 is 0 Å². The Balaban J connectivity index is 3.46. The molecule has 2 nitrogen and oxygen atoms in total. The van der Waals surface area contributed by atoms with Crippen LogP contribution >= 0.6 is 0 Å². The Kier molecular flexibility index (Phi) is 6.53. The molecule has 0 unspecified atom stereocenters. The molecule has 88 valence electrons. The van der Waals surface area contributed by atoms with Gasteiger partial charge in [0.25, 0.3) is 0 Å². The summed E-state index contributed by atoms with van der Waals surface area (Å²) in [5.41, 5.74) is 2.39. The summed E-state index contributed by atoms with van der Waals surface area (Å²) in [6, 6.07) is 0. The Labute approximate surface area is 94.4 Å². The first-order valence-electron chi connectivity index (χ1n) is 5.45. The van der Waals surface area contributed by atoms with E-state index in [1.54, 1.807) is 0 Å². The first-order chi connectivity index (χ1) is 6.81. The van der Waals surface area contributed by atoms with Gasteiger partial charge in [0.05, 0.1) is 13.2 Å². The Morgan fingerprint density at radius 3 is 2.33 bits per heavy atom. The van der Waals surface area contributed by atoms with Gasteiger partial charge in [0.15, 0.2) is 0 Å². The van der Waals surface area contributed by atoms with Crippen LogP contribution in [0.1, 0.15) is 34.1 Å². The molecule has 0 saturated heterocycles. The van der Waals surface area contributed by atoms with E-state index in [1.807, 2.05) is 6.92 Å². The molecule has 0 saturated carbocycles. The summed E-state index contributed by atoms with van der Waals surface area (Å²) >= 11 is 0. The van der Waals surface area contributed by atoms with Crippen LogP contribution in [-0.2, 0) is 4.74 Å². The van der Waals surface area contributed by atoms with Crippen molar-refractivity contribution in [3.8, 4) is 0 Å². The maximum atomic E-state index is 5.47. The molecule has 0 aromatic rings. The van der Waals surface area contributed by atoms with Crippen LogP contribution in [0.3, 0.4) is 0 Å². The SMILES string of the molecule is C=C(C)CCOCC(=C)CNC(C)(C)C. The van der Waals surface area contributed by atoms with E-state index < -0.39 is 0 Å². The van der Waals surface area contributed by atoms with Crippen LogP contribution in [0.2, 0.25) is 0 Å². The molecule has 0 heterocycles. The van der Waals surface area contributed by atoms with E-state index in [2.05, 4.69) is 39.2 Å². The van der Waals surface area contributed by atoms with Crippen LogP contribution in [0.5, 0.6) is 0 Å². The Morgan fingerprint density at radius 2 is 1.87 bits per heavy atom. The molecule has 0 fully saturated rings. The van der Waals surface area contributed by atoms with Crippen molar-refractivity contribution in [2.75, 3.05) is 19.8 Å². The van der Waals surface area contributed by atoms with Crippen molar-refractivity contribution >= 4 is 0 Å². The molecule has 0 amide bonds. The quantitative estimate of drug-likeness (QED) is 0.516. The van der Waals surface area contributed by atoms with Gasteiger partial charge in [0.2, 0.25) is 0 Å². The largest absolute Gasteiger partial charge is 0.377 e. The first kappa shape index (κ1) is 14.4. The number of hydrogen-bond donors (Lipinski definition) is 1. The molecule has 15 heavy (non-hydrogen) atoms. The van der Waals surface area contributed by atoms with E-state index in [0.717, 1.165) is 30.7 Å². The van der Waals surface area contributed by atoms with Crippen molar-refractivity contribution in [2.45, 2.75) is 39.7 Å². The summed E-state index contributed by atoms with van der Waals surface area (Å²) in [7, 11) is 0. The molecule has 0 rings (SSSR count). The molecule has 0 aliphatic carbocycles. The zero-order valence-electron chi connectivity index (χ0n) is 10.7. The van der Waals surface area contributed by atoms with E-state index in [4.69, 9.17) is 4.74 Å². The lowest BCUT2D eigenvalue weighted by Gasteiger charge is -2.21. The van der Waals surface area contributed by atoms with Gasteiger partial charge in [-0.25, -0.2) is 0 Å². The fraction of sp³-hybridized carbons (Fsp3) is 0.692. The van der Waals surface area contributed by atoms with Gasteiger partial charge in [-0.15, -0.1) is 6.58 Å². The molecule has 0 spiro atoms. The van der Waals surface area contributed by atoms with Crippen LogP contribution in [0, 0.1) is 0 Å². The zero-order chi connectivity index (χ0) is 11.9. The van der Waals surface area contributed by atoms with E-state index in [9.17, 15) is 0 Å². The van der Waals surface area contributed by atoms with Gasteiger partial charge in [0.1, 0.15) is 0 Å². The molecule has 0 aromatic heterocycles. The lowest BCUT2D eigenvalue weighted by Crippen LogP contribution is -2.37. The highest BCUT2D eigenvalue weighted by molar-refractivity contribution is 4.98. The molecule has 0 aromatic carbocycles. The Bertz CT molecular complexity index is 213. The maximum absolute atomic E-state index is 5.47. The summed E-state index contributed by atoms with van der Waals surface area (Å²) < 4.78 is 5.47. The van der Waals surface area contributed by atoms with Crippen LogP contribution in [-0.4, -0.2) is 25.3 Å². The lowest BCUT2D eigenvalue weighted by molar-refractivity contribution is 0.157. The van der Waals surface area contributed by atoms with Gasteiger partial charge in [-0.2, -0.15) is 0 Å². The van der Waals surface area contributed by atoms with Gasteiger partial charge in [-0.05, 0) is 39.7 Å². The number of hydrogen-bond acceptors (Lipinski definition) is 2. The van der Waals surface area contributed by atoms with Crippen molar-refractivity contribution in [1.29, 1.82) is 0 Å². The second-order valence-corrected chi connectivity index (χ2v) is 5.11. The van der Waals surface area contributed by atoms with Gasteiger partial charge in [-0.3, -0.25) is 0 Å². The summed E-state index contributed by atoms with van der Waals surface area (Å²) in [5, 5.41) is 3.37. The fourth-order valence-corrected chi connectivity index (χ4v) is 0.904. The van der Waals surface area contributed by atoms with Crippen molar-refractivity contribution in [1.82, 2.24) is 5.32 Å². The average Bonchev–Trinajstić information content (AvgIpc) is 2.07. The molecule has 0 atom stereocenters. The number of ether oxygens (including phenoxy) is 1. The van der Waals surface area contributed by atoms with Gasteiger partial charge in [0, 0.05) is 12.1 Å². The smallest absolute Gasteiger partial charge is 0.0686 e. The van der Waals surface area contributed by atoms with Crippen LogP contribution < -0.4 is 5.32 Å². The van der Waals surface area contributed by atoms with Gasteiger partial charge < -0.3 is 10.1 Å². The Hall–Kier alpha value is -0.600. The molecule has 0 aliphatic rings. The van der Waals surface area contributed by atoms with Crippen molar-refractivity contribution in [3.63, 3.8) is 0 Å². The molecule has 0 bridgehead atoms. The molecule has 0 aliphatic heterocycles. The summed E-state index contributed by atoms with van der Waals surface area (Å²) in [4.78, 5) is 0. The zero-order valence-corrected chi connectivity index (χ0v) is 10.7. The highest BCUT2D eigenvalue weighted by Gasteiger charge is 2.08. The highest BCUT2D eigenvalue weighted by atomic mass is 16.5. The molecule has 0 radical (unpaired) electrons. The maximum Gasteiger partial charge on any atom is 0.0686 e. The predicted octanol–water partition coefficient (Wildman–Crippen LogP) is 2.91. The van der Waals surface area contributed by atoms with Crippen LogP contribution in [0.25, 0.3) is 0 Å². The van der Waals surface area contributed by atoms with Crippen LogP contribution in [0.15, 0.2) is 24.3 Å². The summed E-state index contributed by atoms with van der Waals surface area (Å²) in [6.45, 7) is 18.4. The number of nitrogens with one attached hydrogen (secondary N) is 1.